The van der Waals surface area contributed by atoms with E-state index in [1.807, 2.05) is 0 Å². The molecule has 8 heteroatoms. The number of hydrogen-bond acceptors (Lipinski definition) is 8. The lowest BCUT2D eigenvalue weighted by Gasteiger charge is -2.05. The summed E-state index contributed by atoms with van der Waals surface area (Å²) in [6.07, 6.45) is 9.45. The molecule has 1 fully saturated rings. The number of carbonyl (C=O) groups excluding carboxylic acids is 1. The number of allylic oxidation sites excluding steroid dienone is 1. The van der Waals surface area contributed by atoms with Gasteiger partial charge < -0.3 is 14.8 Å². The predicted molar refractivity (Wildman–Crippen MR) is 112 cm³/mol. The van der Waals surface area contributed by atoms with Crippen LogP contribution in [0.1, 0.15) is 32.1 Å². The topological polar surface area (TPSA) is 59.6 Å². The largest absolute Gasteiger partial charge is 0.376 e. The van der Waals surface area contributed by atoms with Crippen LogP contribution in [0.15, 0.2) is 12.2 Å². The van der Waals surface area contributed by atoms with Gasteiger partial charge in [0, 0.05) is 31.9 Å². The number of ketones is 1. The molecule has 0 amide bonds. The molecule has 0 aromatic heterocycles. The Bertz CT molecular complexity index is 356. The number of unbranched alkanes of at least 4 members (excludes halogenated alkanes) is 1. The number of ether oxygens (including phenoxy) is 2. The van der Waals surface area contributed by atoms with Gasteiger partial charge in [0.05, 0.1) is 19.8 Å². The van der Waals surface area contributed by atoms with Gasteiger partial charge in [0.2, 0.25) is 0 Å². The maximum absolute atomic E-state index is 11.7. The fourth-order valence-corrected chi connectivity index (χ4v) is 3.78. The van der Waals surface area contributed by atoms with Crippen molar-refractivity contribution in [1.82, 2.24) is 10.0 Å². The molecule has 0 unspecified atom stereocenters. The highest BCUT2D eigenvalue weighted by Gasteiger charge is 2.16. The molecule has 1 saturated carbocycles. The molecular formula is C17H32N2O3S3. The van der Waals surface area contributed by atoms with Crippen LogP contribution < -0.4 is 10.0 Å². The Kier molecular flexibility index (Phi) is 16.5. The van der Waals surface area contributed by atoms with Crippen LogP contribution in [0.4, 0.5) is 0 Å². The van der Waals surface area contributed by atoms with Crippen molar-refractivity contribution in [2.75, 3.05) is 51.1 Å². The van der Waals surface area contributed by atoms with Crippen molar-refractivity contribution in [1.29, 1.82) is 0 Å². The molecule has 2 N–H and O–H groups in total. The van der Waals surface area contributed by atoms with E-state index >= 15 is 0 Å². The van der Waals surface area contributed by atoms with E-state index in [0.717, 1.165) is 44.2 Å². The second-order valence-electron chi connectivity index (χ2n) is 5.89. The molecule has 0 heterocycles. The van der Waals surface area contributed by atoms with Crippen LogP contribution in [0.2, 0.25) is 0 Å². The van der Waals surface area contributed by atoms with Gasteiger partial charge in [0.1, 0.15) is 11.7 Å². The third-order valence-electron chi connectivity index (χ3n) is 3.50. The Morgan fingerprint density at radius 2 is 2.04 bits per heavy atom. The number of hydrogen-bond donors (Lipinski definition) is 3. The van der Waals surface area contributed by atoms with Crippen LogP contribution in [-0.4, -0.2) is 56.9 Å². The van der Waals surface area contributed by atoms with Crippen molar-refractivity contribution >= 4 is 40.2 Å². The zero-order chi connectivity index (χ0) is 18.0. The molecule has 0 aromatic rings. The van der Waals surface area contributed by atoms with Crippen LogP contribution in [-0.2, 0) is 14.3 Å². The van der Waals surface area contributed by atoms with Gasteiger partial charge in [-0.1, -0.05) is 46.6 Å². The van der Waals surface area contributed by atoms with Crippen molar-refractivity contribution in [3.05, 3.63) is 12.2 Å². The molecule has 0 saturated heterocycles. The number of Topliss-reactive ketones (excluding diaryl/α,β-unsaturated/α-hetero) is 1. The molecule has 146 valence electrons. The first-order valence-electron chi connectivity index (χ1n) is 8.99. The van der Waals surface area contributed by atoms with Crippen LogP contribution >= 0.6 is 34.4 Å². The van der Waals surface area contributed by atoms with Gasteiger partial charge in [-0.25, -0.2) is 0 Å². The first-order valence-corrected chi connectivity index (χ1v) is 11.9. The lowest BCUT2D eigenvalue weighted by Crippen LogP contribution is -2.26. The summed E-state index contributed by atoms with van der Waals surface area (Å²) in [5.41, 5.74) is 0. The Morgan fingerprint density at radius 3 is 2.84 bits per heavy atom. The van der Waals surface area contributed by atoms with Gasteiger partial charge >= 0.3 is 0 Å². The maximum Gasteiger partial charge on any atom is 0.146 e. The monoisotopic (exact) mass is 408 g/mol. The minimum absolute atomic E-state index is 0.262. The van der Waals surface area contributed by atoms with Gasteiger partial charge in [-0.2, -0.15) is 0 Å². The molecule has 1 aliphatic rings. The molecule has 0 bridgehead atoms. The zero-order valence-corrected chi connectivity index (χ0v) is 17.4. The van der Waals surface area contributed by atoms with E-state index in [4.69, 9.17) is 9.47 Å². The first-order chi connectivity index (χ1) is 12.3. The SMILES string of the molecule is O=C(CCCCOCSSCCNS)CNCCOC/C=C/C1CC1. The molecule has 1 aliphatic carbocycles. The minimum atomic E-state index is 0.262. The zero-order valence-electron chi connectivity index (χ0n) is 14.9. The highest BCUT2D eigenvalue weighted by atomic mass is 33.1. The van der Waals surface area contributed by atoms with E-state index in [0.29, 0.717) is 32.1 Å². The number of carbonyl (C=O) groups is 1. The summed E-state index contributed by atoms with van der Waals surface area (Å²) in [4.78, 5) is 11.7. The summed E-state index contributed by atoms with van der Waals surface area (Å²) in [6, 6.07) is 0. The highest BCUT2D eigenvalue weighted by molar-refractivity contribution is 8.76. The molecule has 0 spiro atoms. The average Bonchev–Trinajstić information content (AvgIpc) is 3.43. The second-order valence-corrected chi connectivity index (χ2v) is 8.73. The third kappa shape index (κ3) is 17.5. The average molecular weight is 409 g/mol. The molecule has 0 radical (unpaired) electrons. The van der Waals surface area contributed by atoms with E-state index in [2.05, 4.69) is 35.0 Å². The van der Waals surface area contributed by atoms with Gasteiger partial charge in [0.25, 0.3) is 0 Å². The molecule has 0 aliphatic heterocycles. The van der Waals surface area contributed by atoms with Crippen molar-refractivity contribution in [2.24, 2.45) is 5.92 Å². The quantitative estimate of drug-likeness (QED) is 0.0998. The molecular weight excluding hydrogens is 376 g/mol. The van der Waals surface area contributed by atoms with Crippen molar-refractivity contribution < 1.29 is 14.3 Å². The van der Waals surface area contributed by atoms with E-state index in [1.165, 1.54) is 12.8 Å². The highest BCUT2D eigenvalue weighted by Crippen LogP contribution is 2.29. The molecule has 25 heavy (non-hydrogen) atoms. The first kappa shape index (κ1) is 23.3. The Hall–Kier alpha value is 0.300. The summed E-state index contributed by atoms with van der Waals surface area (Å²) in [7, 11) is 3.48. The second kappa shape index (κ2) is 17.7. The summed E-state index contributed by atoms with van der Waals surface area (Å²) in [5, 5.41) is 3.14. The number of nitrogens with one attached hydrogen (secondary N) is 2. The Balaban J connectivity index is 1.72. The fraction of sp³-hybridized carbons (Fsp3) is 0.824. The van der Waals surface area contributed by atoms with Gasteiger partial charge in [0.15, 0.2) is 0 Å². The Labute approximate surface area is 165 Å². The number of rotatable bonds is 19. The van der Waals surface area contributed by atoms with Gasteiger partial charge in [-0.3, -0.25) is 9.52 Å². The van der Waals surface area contributed by atoms with Crippen LogP contribution in [0.25, 0.3) is 0 Å². The van der Waals surface area contributed by atoms with E-state index in [9.17, 15) is 4.79 Å². The lowest BCUT2D eigenvalue weighted by molar-refractivity contribution is -0.118. The van der Waals surface area contributed by atoms with Crippen LogP contribution in [0.3, 0.4) is 0 Å². The molecule has 1 rings (SSSR count). The Morgan fingerprint density at radius 1 is 1.16 bits per heavy atom. The number of thiol groups is 1. The molecule has 5 nitrogen and oxygen atoms in total. The predicted octanol–water partition coefficient (Wildman–Crippen LogP) is 3.09. The third-order valence-corrected chi connectivity index (χ3v) is 5.81. The van der Waals surface area contributed by atoms with Gasteiger partial charge in [-0.05, 0) is 31.6 Å². The molecule has 0 atom stereocenters. The molecule has 0 aromatic carbocycles. The minimum Gasteiger partial charge on any atom is -0.376 e. The normalized spacial score (nSPS) is 14.4. The standard InChI is InChI=1S/C17H32N2O3S3/c20-17(5-1-2-10-22-15-25-24-13-9-19-23)14-18-8-12-21-11-3-4-16-6-7-16/h3-4,16,18-19,23H,1-2,5-15H2/b4-3+. The van der Waals surface area contributed by atoms with E-state index in [-0.39, 0.29) is 5.78 Å². The summed E-state index contributed by atoms with van der Waals surface area (Å²) in [6.45, 7) is 4.10. The summed E-state index contributed by atoms with van der Waals surface area (Å²) in [5.74, 6) is 2.78. The fourth-order valence-electron chi connectivity index (χ4n) is 1.95. The van der Waals surface area contributed by atoms with Crippen molar-refractivity contribution in [3.8, 4) is 0 Å². The van der Waals surface area contributed by atoms with Crippen LogP contribution in [0.5, 0.6) is 0 Å². The summed E-state index contributed by atoms with van der Waals surface area (Å²) >= 11 is 3.93. The van der Waals surface area contributed by atoms with E-state index < -0.39 is 0 Å². The van der Waals surface area contributed by atoms with Crippen molar-refractivity contribution in [2.45, 2.75) is 32.1 Å². The summed E-state index contributed by atoms with van der Waals surface area (Å²) < 4.78 is 13.8. The van der Waals surface area contributed by atoms with Crippen molar-refractivity contribution in [3.63, 3.8) is 0 Å². The lowest BCUT2D eigenvalue weighted by atomic mass is 10.2. The smallest absolute Gasteiger partial charge is 0.146 e. The maximum atomic E-state index is 11.7. The van der Waals surface area contributed by atoms with Gasteiger partial charge in [-0.15, -0.1) is 0 Å². The van der Waals surface area contributed by atoms with E-state index in [1.54, 1.807) is 21.6 Å². The van der Waals surface area contributed by atoms with Crippen LogP contribution in [0, 0.1) is 5.92 Å².